The number of hydrogen-bond donors (Lipinski definition) is 0. The summed E-state index contributed by atoms with van der Waals surface area (Å²) < 4.78 is 27.7. The van der Waals surface area contributed by atoms with Crippen molar-refractivity contribution in [3.05, 3.63) is 66.1 Å². The molecule has 2 atom stereocenters. The highest BCUT2D eigenvalue weighted by atomic mass is 19.1. The smallest absolute Gasteiger partial charge is 0.136 e. The molecule has 0 N–H and O–H groups in total. The first kappa shape index (κ1) is 19.6. The molecule has 1 aliphatic rings. The average Bonchev–Trinajstić information content (AvgIpc) is 3.11. The van der Waals surface area contributed by atoms with Gasteiger partial charge in [0.1, 0.15) is 17.3 Å². The van der Waals surface area contributed by atoms with Crippen LogP contribution in [0.1, 0.15) is 19.4 Å². The van der Waals surface area contributed by atoms with E-state index in [2.05, 4.69) is 18.7 Å². The fourth-order valence-corrected chi connectivity index (χ4v) is 3.93. The first-order valence-electron chi connectivity index (χ1n) is 9.89. The van der Waals surface area contributed by atoms with Crippen molar-refractivity contribution in [3.63, 3.8) is 0 Å². The Bertz CT molecular complexity index is 964. The Hall–Kier alpha value is -2.70. The van der Waals surface area contributed by atoms with Crippen LogP contribution in [-0.4, -0.2) is 47.1 Å². The molecule has 0 radical (unpaired) electrons. The van der Waals surface area contributed by atoms with Crippen LogP contribution < -0.4 is 4.74 Å². The Morgan fingerprint density at radius 3 is 2.48 bits per heavy atom. The lowest BCUT2D eigenvalue weighted by molar-refractivity contribution is -0.0704. The van der Waals surface area contributed by atoms with Gasteiger partial charge in [-0.05, 0) is 38.1 Å². The summed E-state index contributed by atoms with van der Waals surface area (Å²) in [6, 6.07) is 14.8. The van der Waals surface area contributed by atoms with Crippen molar-refractivity contribution in [2.45, 2.75) is 32.6 Å². The second-order valence-electron chi connectivity index (χ2n) is 7.58. The molecule has 0 spiro atoms. The van der Waals surface area contributed by atoms with Crippen LogP contribution >= 0.6 is 0 Å². The number of nitrogens with zero attached hydrogens (tertiary/aromatic N) is 3. The molecule has 0 saturated carbocycles. The molecule has 2 heterocycles. The Labute approximate surface area is 170 Å². The van der Waals surface area contributed by atoms with Gasteiger partial charge >= 0.3 is 0 Å². The van der Waals surface area contributed by atoms with Crippen LogP contribution in [-0.2, 0) is 11.3 Å². The van der Waals surface area contributed by atoms with Gasteiger partial charge in [-0.3, -0.25) is 4.90 Å². The van der Waals surface area contributed by atoms with Crippen LogP contribution in [0.2, 0.25) is 0 Å². The number of aromatic nitrogens is 2. The topological polar surface area (TPSA) is 39.5 Å². The minimum Gasteiger partial charge on any atom is -0.497 e. The molecule has 3 aromatic rings. The van der Waals surface area contributed by atoms with Crippen LogP contribution in [0.15, 0.2) is 54.7 Å². The number of halogens is 1. The number of rotatable bonds is 5. The molecule has 1 saturated heterocycles. The highest BCUT2D eigenvalue weighted by Crippen LogP contribution is 2.30. The highest BCUT2D eigenvalue weighted by Gasteiger charge is 2.25. The highest BCUT2D eigenvalue weighted by molar-refractivity contribution is 5.65. The van der Waals surface area contributed by atoms with Gasteiger partial charge < -0.3 is 9.47 Å². The second-order valence-corrected chi connectivity index (χ2v) is 7.58. The standard InChI is InChI=1S/C23H26FN3O2/c1-16-12-26(13-17(2)29-16)14-18-15-27(19-7-5-4-6-8-19)25-23(18)21-10-9-20(28-3)11-22(21)24/h4-11,15-17H,12-14H2,1-3H3/t16-,17+. The Kier molecular flexibility index (Phi) is 5.65. The van der Waals surface area contributed by atoms with E-state index in [-0.39, 0.29) is 18.0 Å². The first-order valence-corrected chi connectivity index (χ1v) is 9.89. The zero-order valence-electron chi connectivity index (χ0n) is 17.0. The number of benzene rings is 2. The molecule has 5 nitrogen and oxygen atoms in total. The summed E-state index contributed by atoms with van der Waals surface area (Å²) in [5, 5.41) is 4.75. The van der Waals surface area contributed by atoms with Crippen molar-refractivity contribution in [2.24, 2.45) is 0 Å². The van der Waals surface area contributed by atoms with Crippen molar-refractivity contribution in [1.82, 2.24) is 14.7 Å². The van der Waals surface area contributed by atoms with E-state index in [4.69, 9.17) is 14.6 Å². The summed E-state index contributed by atoms with van der Waals surface area (Å²) in [5.41, 5.74) is 3.06. The summed E-state index contributed by atoms with van der Waals surface area (Å²) in [7, 11) is 1.53. The van der Waals surface area contributed by atoms with Crippen molar-refractivity contribution in [3.8, 4) is 22.7 Å². The largest absolute Gasteiger partial charge is 0.497 e. The normalized spacial score (nSPS) is 20.0. The monoisotopic (exact) mass is 395 g/mol. The molecular weight excluding hydrogens is 369 g/mol. The number of methoxy groups -OCH3 is 1. The third-order valence-corrected chi connectivity index (χ3v) is 5.13. The number of para-hydroxylation sites is 1. The summed E-state index contributed by atoms with van der Waals surface area (Å²) >= 11 is 0. The molecule has 0 aliphatic carbocycles. The van der Waals surface area contributed by atoms with Crippen molar-refractivity contribution in [1.29, 1.82) is 0 Å². The van der Waals surface area contributed by atoms with Crippen LogP contribution in [0.4, 0.5) is 4.39 Å². The lowest BCUT2D eigenvalue weighted by Gasteiger charge is -2.35. The third-order valence-electron chi connectivity index (χ3n) is 5.13. The minimum atomic E-state index is -0.340. The molecule has 0 unspecified atom stereocenters. The lowest BCUT2D eigenvalue weighted by atomic mass is 10.1. The molecular formula is C23H26FN3O2. The third kappa shape index (κ3) is 4.33. The molecule has 6 heteroatoms. The van der Waals surface area contributed by atoms with Gasteiger partial charge in [0.2, 0.25) is 0 Å². The number of ether oxygens (including phenoxy) is 2. The van der Waals surface area contributed by atoms with E-state index >= 15 is 0 Å². The van der Waals surface area contributed by atoms with Gasteiger partial charge in [-0.2, -0.15) is 5.10 Å². The van der Waals surface area contributed by atoms with Crippen molar-refractivity contribution in [2.75, 3.05) is 20.2 Å². The maximum absolute atomic E-state index is 14.9. The van der Waals surface area contributed by atoms with E-state index in [1.165, 1.54) is 13.2 Å². The molecule has 1 fully saturated rings. The van der Waals surface area contributed by atoms with Crippen LogP contribution in [0.3, 0.4) is 0 Å². The van der Waals surface area contributed by atoms with Crippen molar-refractivity contribution >= 4 is 0 Å². The van der Waals surface area contributed by atoms with Crippen molar-refractivity contribution < 1.29 is 13.9 Å². The SMILES string of the molecule is COc1ccc(-c2nn(-c3ccccc3)cc2CN2C[C@@H](C)O[C@@H](C)C2)c(F)c1. The molecule has 0 bridgehead atoms. The Balaban J connectivity index is 1.73. The van der Waals surface area contributed by atoms with E-state index in [1.54, 1.807) is 12.1 Å². The first-order chi connectivity index (χ1) is 14.0. The number of hydrogen-bond acceptors (Lipinski definition) is 4. The Morgan fingerprint density at radius 2 is 1.83 bits per heavy atom. The van der Waals surface area contributed by atoms with Gasteiger partial charge in [-0.1, -0.05) is 18.2 Å². The van der Waals surface area contributed by atoms with Crippen LogP contribution in [0, 0.1) is 5.82 Å². The second kappa shape index (κ2) is 8.35. The summed E-state index contributed by atoms with van der Waals surface area (Å²) in [4.78, 5) is 2.34. The molecule has 2 aromatic carbocycles. The van der Waals surface area contributed by atoms with Crippen LogP contribution in [0.5, 0.6) is 5.75 Å². The molecule has 29 heavy (non-hydrogen) atoms. The minimum absolute atomic E-state index is 0.170. The zero-order chi connectivity index (χ0) is 20.4. The molecule has 0 amide bonds. The average molecular weight is 395 g/mol. The predicted octanol–water partition coefficient (Wildman–Crippen LogP) is 4.30. The van der Waals surface area contributed by atoms with E-state index in [1.807, 2.05) is 41.2 Å². The quantitative estimate of drug-likeness (QED) is 0.646. The van der Waals surface area contributed by atoms with Gasteiger partial charge in [0.05, 0.1) is 25.0 Å². The van der Waals surface area contributed by atoms with E-state index in [0.717, 1.165) is 24.3 Å². The number of morpholine rings is 1. The van der Waals surface area contributed by atoms with Gasteiger partial charge in [0.25, 0.3) is 0 Å². The summed E-state index contributed by atoms with van der Waals surface area (Å²) in [6.45, 7) is 6.53. The summed E-state index contributed by atoms with van der Waals surface area (Å²) in [6.07, 6.45) is 2.34. The molecule has 4 rings (SSSR count). The van der Waals surface area contributed by atoms with Gasteiger partial charge in [-0.25, -0.2) is 9.07 Å². The molecule has 1 aliphatic heterocycles. The fraction of sp³-hybridized carbons (Fsp3) is 0.348. The zero-order valence-corrected chi connectivity index (χ0v) is 17.0. The molecule has 152 valence electrons. The maximum atomic E-state index is 14.9. The molecule has 1 aromatic heterocycles. The van der Waals surface area contributed by atoms with Gasteiger partial charge in [0, 0.05) is 43.0 Å². The predicted molar refractivity (Wildman–Crippen MR) is 111 cm³/mol. The van der Waals surface area contributed by atoms with Gasteiger partial charge in [0.15, 0.2) is 0 Å². The van der Waals surface area contributed by atoms with E-state index in [9.17, 15) is 4.39 Å². The van der Waals surface area contributed by atoms with E-state index < -0.39 is 0 Å². The van der Waals surface area contributed by atoms with Gasteiger partial charge in [-0.15, -0.1) is 0 Å². The van der Waals surface area contributed by atoms with E-state index in [0.29, 0.717) is 23.6 Å². The Morgan fingerprint density at radius 1 is 1.10 bits per heavy atom. The lowest BCUT2D eigenvalue weighted by Crippen LogP contribution is -2.44. The fourth-order valence-electron chi connectivity index (χ4n) is 3.93. The maximum Gasteiger partial charge on any atom is 0.136 e. The summed E-state index contributed by atoms with van der Waals surface area (Å²) in [5.74, 6) is 0.152. The van der Waals surface area contributed by atoms with Crippen LogP contribution in [0.25, 0.3) is 16.9 Å².